The Morgan fingerprint density at radius 3 is 2.78 bits per heavy atom. The van der Waals surface area contributed by atoms with Gasteiger partial charge >= 0.3 is 6.18 Å². The number of halogens is 3. The summed E-state index contributed by atoms with van der Waals surface area (Å²) >= 11 is 0. The number of nitrogens with two attached hydrogens (primary N) is 1. The second kappa shape index (κ2) is 7.31. The van der Waals surface area contributed by atoms with Crippen LogP contribution in [0.2, 0.25) is 0 Å². The maximum absolute atomic E-state index is 13.1. The minimum atomic E-state index is -4.52. The molecule has 3 N–H and O–H groups in total. The van der Waals surface area contributed by atoms with Crippen molar-refractivity contribution in [2.24, 2.45) is 12.8 Å². The van der Waals surface area contributed by atoms with E-state index in [0.717, 1.165) is 4.68 Å². The molecule has 0 saturated carbocycles. The van der Waals surface area contributed by atoms with Gasteiger partial charge in [0.15, 0.2) is 5.69 Å². The largest absolute Gasteiger partial charge is 0.435 e. The monoisotopic (exact) mass is 385 g/mol. The van der Waals surface area contributed by atoms with Gasteiger partial charge in [0.1, 0.15) is 18.0 Å². The number of β-amino-alcohol motifs (C(OH)–C–C–N with tert-alkyl or cyclic N) is 1. The highest BCUT2D eigenvalue weighted by Crippen LogP contribution is 2.32. The van der Waals surface area contributed by atoms with Crippen LogP contribution >= 0.6 is 0 Å². The Labute approximate surface area is 154 Å². The Balaban J connectivity index is 1.82. The summed E-state index contributed by atoms with van der Waals surface area (Å²) in [6.07, 6.45) is -1.75. The highest BCUT2D eigenvalue weighted by atomic mass is 19.4. The summed E-state index contributed by atoms with van der Waals surface area (Å²) in [7, 11) is 3.10. The lowest BCUT2D eigenvalue weighted by molar-refractivity contribution is -0.142. The molecule has 2 aromatic heterocycles. The van der Waals surface area contributed by atoms with E-state index >= 15 is 0 Å². The number of aliphatic hydroxyl groups is 1. The van der Waals surface area contributed by atoms with E-state index in [2.05, 4.69) is 15.1 Å². The molecular weight excluding hydrogens is 363 g/mol. The second-order valence-electron chi connectivity index (χ2n) is 6.70. The normalized spacial score (nSPS) is 20.3. The van der Waals surface area contributed by atoms with Gasteiger partial charge < -0.3 is 20.6 Å². The molecule has 0 amide bonds. The fourth-order valence-electron chi connectivity index (χ4n) is 3.33. The average Bonchev–Trinajstić information content (AvgIpc) is 3.17. The molecule has 2 aromatic rings. The van der Waals surface area contributed by atoms with Gasteiger partial charge in [0.25, 0.3) is 0 Å². The van der Waals surface area contributed by atoms with E-state index in [1.165, 1.54) is 19.6 Å². The molecule has 148 valence electrons. The lowest BCUT2D eigenvalue weighted by atomic mass is 10.2. The van der Waals surface area contributed by atoms with Crippen molar-refractivity contribution in [3.8, 4) is 0 Å². The predicted molar refractivity (Wildman–Crippen MR) is 93.2 cm³/mol. The zero-order valence-corrected chi connectivity index (χ0v) is 15.1. The summed E-state index contributed by atoms with van der Waals surface area (Å²) in [5.74, 6) is 1.05. The molecule has 0 aromatic carbocycles. The van der Waals surface area contributed by atoms with Crippen molar-refractivity contribution in [1.82, 2.24) is 19.7 Å². The van der Waals surface area contributed by atoms with Crippen molar-refractivity contribution in [2.75, 3.05) is 29.9 Å². The van der Waals surface area contributed by atoms with Crippen molar-refractivity contribution in [2.45, 2.75) is 31.3 Å². The molecule has 1 aliphatic rings. The van der Waals surface area contributed by atoms with Gasteiger partial charge in [-0.15, -0.1) is 0 Å². The maximum Gasteiger partial charge on any atom is 0.435 e. The highest BCUT2D eigenvalue weighted by Gasteiger charge is 2.37. The summed E-state index contributed by atoms with van der Waals surface area (Å²) in [6, 6.07) is 1.65. The maximum atomic E-state index is 13.1. The Bertz CT molecular complexity index is 795. The van der Waals surface area contributed by atoms with Crippen molar-refractivity contribution in [3.63, 3.8) is 0 Å². The molecule has 3 heterocycles. The zero-order chi connectivity index (χ0) is 19.8. The van der Waals surface area contributed by atoms with Crippen LogP contribution in [0.25, 0.3) is 0 Å². The molecule has 27 heavy (non-hydrogen) atoms. The van der Waals surface area contributed by atoms with Gasteiger partial charge in [-0.25, -0.2) is 9.97 Å². The molecule has 0 aliphatic carbocycles. The summed E-state index contributed by atoms with van der Waals surface area (Å²) < 4.78 is 40.6. The molecule has 0 unspecified atom stereocenters. The first kappa shape index (κ1) is 19.4. The zero-order valence-electron chi connectivity index (χ0n) is 15.1. The molecule has 3 rings (SSSR count). The fraction of sp³-hybridized carbons (Fsp3) is 0.562. The van der Waals surface area contributed by atoms with E-state index in [0.29, 0.717) is 31.1 Å². The third-order valence-corrected chi connectivity index (χ3v) is 4.57. The molecule has 0 bridgehead atoms. The Hall–Kier alpha value is -2.40. The van der Waals surface area contributed by atoms with Gasteiger partial charge in [-0.05, 0) is 6.42 Å². The second-order valence-corrected chi connectivity index (χ2v) is 6.70. The minimum absolute atomic E-state index is 0.0118. The van der Waals surface area contributed by atoms with Crippen LogP contribution in [0, 0.1) is 0 Å². The molecular formula is C16H22F3N7O. The van der Waals surface area contributed by atoms with Crippen molar-refractivity contribution in [3.05, 3.63) is 29.8 Å². The predicted octanol–water partition coefficient (Wildman–Crippen LogP) is 0.764. The lowest BCUT2D eigenvalue weighted by Gasteiger charge is -2.25. The summed E-state index contributed by atoms with van der Waals surface area (Å²) in [5, 5.41) is 13.4. The first-order chi connectivity index (χ1) is 12.7. The van der Waals surface area contributed by atoms with Crippen molar-refractivity contribution < 1.29 is 18.3 Å². The summed E-state index contributed by atoms with van der Waals surface area (Å²) in [4.78, 5) is 11.9. The Morgan fingerprint density at radius 1 is 1.37 bits per heavy atom. The van der Waals surface area contributed by atoms with Crippen LogP contribution < -0.4 is 15.5 Å². The van der Waals surface area contributed by atoms with E-state index in [1.807, 2.05) is 4.90 Å². The number of aliphatic hydroxyl groups excluding tert-OH is 1. The molecule has 1 aliphatic heterocycles. The van der Waals surface area contributed by atoms with Gasteiger partial charge in [-0.3, -0.25) is 4.68 Å². The van der Waals surface area contributed by atoms with E-state index < -0.39 is 18.0 Å². The molecule has 0 radical (unpaired) electrons. The first-order valence-electron chi connectivity index (χ1n) is 8.46. The van der Waals surface area contributed by atoms with Crippen LogP contribution in [0.1, 0.15) is 17.7 Å². The number of aryl methyl sites for hydroxylation is 1. The number of hydrogen-bond donors (Lipinski definition) is 2. The van der Waals surface area contributed by atoms with E-state index in [-0.39, 0.29) is 18.2 Å². The van der Waals surface area contributed by atoms with Gasteiger partial charge in [0.05, 0.1) is 6.10 Å². The molecule has 1 fully saturated rings. The smallest absolute Gasteiger partial charge is 0.391 e. The molecule has 0 spiro atoms. The number of hydrogen-bond acceptors (Lipinski definition) is 7. The van der Waals surface area contributed by atoms with Crippen LogP contribution in [0.3, 0.4) is 0 Å². The van der Waals surface area contributed by atoms with Crippen molar-refractivity contribution >= 4 is 11.6 Å². The number of rotatable bonds is 5. The number of aromatic nitrogens is 4. The molecule has 2 atom stereocenters. The van der Waals surface area contributed by atoms with Gasteiger partial charge in [0, 0.05) is 57.6 Å². The lowest BCUT2D eigenvalue weighted by Crippen LogP contribution is -2.36. The first-order valence-corrected chi connectivity index (χ1v) is 8.46. The number of nitrogens with zero attached hydrogens (tertiary/aromatic N) is 6. The fourth-order valence-corrected chi connectivity index (χ4v) is 3.33. The van der Waals surface area contributed by atoms with E-state index in [9.17, 15) is 18.3 Å². The quantitative estimate of drug-likeness (QED) is 0.785. The van der Waals surface area contributed by atoms with Gasteiger partial charge in [0.2, 0.25) is 0 Å². The third kappa shape index (κ3) is 4.14. The van der Waals surface area contributed by atoms with Gasteiger partial charge in [-0.1, -0.05) is 0 Å². The summed E-state index contributed by atoms with van der Waals surface area (Å²) in [6.45, 7) is 0.766. The topological polar surface area (TPSA) is 96.3 Å². The van der Waals surface area contributed by atoms with Crippen molar-refractivity contribution in [1.29, 1.82) is 0 Å². The Morgan fingerprint density at radius 2 is 2.11 bits per heavy atom. The van der Waals surface area contributed by atoms with Crippen LogP contribution in [-0.2, 0) is 19.8 Å². The van der Waals surface area contributed by atoms with E-state index in [1.54, 1.807) is 18.0 Å². The van der Waals surface area contributed by atoms with Crippen LogP contribution in [-0.4, -0.2) is 57.1 Å². The minimum Gasteiger partial charge on any atom is -0.391 e. The van der Waals surface area contributed by atoms with Crippen LogP contribution in [0.5, 0.6) is 0 Å². The summed E-state index contributed by atoms with van der Waals surface area (Å²) in [5.41, 5.74) is 4.91. The van der Waals surface area contributed by atoms with Crippen LogP contribution in [0.15, 0.2) is 18.6 Å². The molecule has 11 heteroatoms. The Kier molecular flexibility index (Phi) is 5.24. The molecule has 1 saturated heterocycles. The van der Waals surface area contributed by atoms with E-state index in [4.69, 9.17) is 5.73 Å². The SMILES string of the molecule is CN(Cc1cn(C)nc1C(F)(F)F)c1cc(N2C[C@H](O)C[C@@H]2CN)ncn1. The number of anilines is 2. The number of alkyl halides is 3. The third-order valence-electron chi connectivity index (χ3n) is 4.57. The van der Waals surface area contributed by atoms with Crippen LogP contribution in [0.4, 0.5) is 24.8 Å². The highest BCUT2D eigenvalue weighted by molar-refractivity contribution is 5.51. The average molecular weight is 385 g/mol. The standard InChI is InChI=1S/C16H22F3N7O/c1-24(6-10-7-25(2)23-15(10)16(17,18)19)13-4-14(22-9-21-13)26-8-12(27)3-11(26)5-20/h4,7,9,11-12,27H,3,5-6,8,20H2,1-2H3/t11-,12-/m1/s1. The molecule has 8 nitrogen and oxygen atoms in total. The van der Waals surface area contributed by atoms with Gasteiger partial charge in [-0.2, -0.15) is 18.3 Å².